The molecule has 0 unspecified atom stereocenters. The number of alkyl halides is 2. The van der Waals surface area contributed by atoms with Gasteiger partial charge >= 0.3 is 5.97 Å². The molecular formula is C12H13F2NO2. The van der Waals surface area contributed by atoms with Gasteiger partial charge in [0.15, 0.2) is 0 Å². The van der Waals surface area contributed by atoms with Crippen LogP contribution in [0.5, 0.6) is 0 Å². The Morgan fingerprint density at radius 3 is 2.47 bits per heavy atom. The maximum absolute atomic E-state index is 13.8. The van der Waals surface area contributed by atoms with Crippen LogP contribution in [-0.4, -0.2) is 16.1 Å². The van der Waals surface area contributed by atoms with Gasteiger partial charge in [0.2, 0.25) is 0 Å². The molecule has 2 rings (SSSR count). The smallest absolute Gasteiger partial charge is 0.337 e. The molecule has 0 radical (unpaired) electrons. The third kappa shape index (κ3) is 2.01. The molecule has 1 N–H and O–H groups in total. The topological polar surface area (TPSA) is 50.2 Å². The Balaban J connectivity index is 2.48. The van der Waals surface area contributed by atoms with E-state index < -0.39 is 17.8 Å². The molecule has 5 heteroatoms. The number of hydrogen-bond acceptors (Lipinski definition) is 2. The van der Waals surface area contributed by atoms with Crippen molar-refractivity contribution in [3.8, 4) is 0 Å². The third-order valence-corrected chi connectivity index (χ3v) is 3.04. The summed E-state index contributed by atoms with van der Waals surface area (Å²) >= 11 is 0. The highest BCUT2D eigenvalue weighted by atomic mass is 19.3. The number of nitrogens with zero attached hydrogens (tertiary/aromatic N) is 1. The fraction of sp³-hybridized carbons (Fsp3) is 0.500. The van der Waals surface area contributed by atoms with Crippen LogP contribution < -0.4 is 0 Å². The van der Waals surface area contributed by atoms with Gasteiger partial charge in [-0.2, -0.15) is 8.78 Å². The number of halogens is 2. The van der Waals surface area contributed by atoms with Gasteiger partial charge in [0.05, 0.1) is 11.3 Å². The first kappa shape index (κ1) is 12.0. The van der Waals surface area contributed by atoms with Gasteiger partial charge in [0.1, 0.15) is 5.69 Å². The summed E-state index contributed by atoms with van der Waals surface area (Å²) in [4.78, 5) is 14.7. The van der Waals surface area contributed by atoms with Gasteiger partial charge in [0, 0.05) is 5.92 Å². The Morgan fingerprint density at radius 1 is 1.47 bits per heavy atom. The molecule has 0 atom stereocenters. The summed E-state index contributed by atoms with van der Waals surface area (Å²) in [5.74, 6) is -4.70. The molecule has 17 heavy (non-hydrogen) atoms. The Kier molecular flexibility index (Phi) is 2.64. The number of rotatable bonds is 3. The highest BCUT2D eigenvalue weighted by molar-refractivity contribution is 5.90. The molecule has 0 spiro atoms. The molecule has 1 saturated carbocycles. The molecule has 1 aliphatic rings. The van der Waals surface area contributed by atoms with E-state index >= 15 is 0 Å². The lowest BCUT2D eigenvalue weighted by Crippen LogP contribution is -2.20. The second-order valence-electron chi connectivity index (χ2n) is 4.49. The second-order valence-corrected chi connectivity index (χ2v) is 4.49. The average Bonchev–Trinajstić information content (AvgIpc) is 2.98. The summed E-state index contributed by atoms with van der Waals surface area (Å²) in [5.41, 5.74) is 0.188. The van der Waals surface area contributed by atoms with Crippen LogP contribution >= 0.6 is 0 Å². The van der Waals surface area contributed by atoms with Gasteiger partial charge in [-0.1, -0.05) is 0 Å². The molecule has 1 heterocycles. The molecule has 92 valence electrons. The lowest BCUT2D eigenvalue weighted by Gasteiger charge is -2.17. The van der Waals surface area contributed by atoms with Crippen LogP contribution in [0.2, 0.25) is 0 Å². The minimum Gasteiger partial charge on any atom is -0.478 e. The first-order valence-corrected chi connectivity index (χ1v) is 5.44. The Labute approximate surface area is 97.5 Å². The number of aromatic nitrogens is 1. The van der Waals surface area contributed by atoms with Crippen molar-refractivity contribution in [1.82, 2.24) is 4.98 Å². The van der Waals surface area contributed by atoms with Crippen LogP contribution in [0.25, 0.3) is 0 Å². The minimum absolute atomic E-state index is 0.0142. The third-order valence-electron chi connectivity index (χ3n) is 3.04. The Hall–Kier alpha value is -1.52. The predicted molar refractivity (Wildman–Crippen MR) is 57.3 cm³/mol. The van der Waals surface area contributed by atoms with Gasteiger partial charge < -0.3 is 5.11 Å². The van der Waals surface area contributed by atoms with E-state index in [2.05, 4.69) is 4.98 Å². The second kappa shape index (κ2) is 3.75. The van der Waals surface area contributed by atoms with Crippen LogP contribution in [0.15, 0.2) is 6.07 Å². The zero-order chi connectivity index (χ0) is 12.8. The van der Waals surface area contributed by atoms with Crippen molar-refractivity contribution in [3.63, 3.8) is 0 Å². The number of carboxylic acids is 1. The van der Waals surface area contributed by atoms with Crippen molar-refractivity contribution in [1.29, 1.82) is 0 Å². The molecule has 0 amide bonds. The van der Waals surface area contributed by atoms with Crippen molar-refractivity contribution < 1.29 is 18.7 Å². The van der Waals surface area contributed by atoms with E-state index in [-0.39, 0.29) is 17.0 Å². The molecule has 0 bridgehead atoms. The van der Waals surface area contributed by atoms with E-state index in [1.165, 1.54) is 19.9 Å². The zero-order valence-electron chi connectivity index (χ0n) is 9.63. The standard InChI is InChI=1S/C12H13F2NO2/c1-6-5-9(12(13,14)8-3-4-8)15-7(2)10(6)11(16)17/h5,8H,3-4H2,1-2H3,(H,16,17). The number of carboxylic acid groups (broad SMARTS) is 1. The predicted octanol–water partition coefficient (Wildman–Crippen LogP) is 2.90. The molecule has 1 aromatic rings. The zero-order valence-corrected chi connectivity index (χ0v) is 9.63. The summed E-state index contributed by atoms with van der Waals surface area (Å²) < 4.78 is 27.6. The van der Waals surface area contributed by atoms with E-state index in [9.17, 15) is 13.6 Å². The van der Waals surface area contributed by atoms with Crippen LogP contribution in [0.1, 0.15) is 40.2 Å². The summed E-state index contributed by atoms with van der Waals surface area (Å²) in [5, 5.41) is 8.93. The molecule has 0 saturated heterocycles. The minimum atomic E-state index is -2.94. The number of pyridine rings is 1. The maximum atomic E-state index is 13.8. The number of aromatic carboxylic acids is 1. The lowest BCUT2D eigenvalue weighted by atomic mass is 10.0. The fourth-order valence-corrected chi connectivity index (χ4v) is 1.98. The summed E-state index contributed by atoms with van der Waals surface area (Å²) in [6, 6.07) is 1.19. The molecule has 1 aliphatic carbocycles. The fourth-order valence-electron chi connectivity index (χ4n) is 1.98. The summed E-state index contributed by atoms with van der Waals surface area (Å²) in [6.45, 7) is 2.97. The van der Waals surface area contributed by atoms with E-state index in [1.54, 1.807) is 0 Å². The van der Waals surface area contributed by atoms with Crippen molar-refractivity contribution >= 4 is 5.97 Å². The van der Waals surface area contributed by atoms with Gasteiger partial charge in [-0.3, -0.25) is 4.98 Å². The van der Waals surface area contributed by atoms with Crippen LogP contribution in [0.3, 0.4) is 0 Å². The molecule has 1 aromatic heterocycles. The lowest BCUT2D eigenvalue weighted by molar-refractivity contribution is -0.0331. The Morgan fingerprint density at radius 2 is 2.06 bits per heavy atom. The van der Waals surface area contributed by atoms with Crippen molar-refractivity contribution in [2.75, 3.05) is 0 Å². The van der Waals surface area contributed by atoms with Crippen LogP contribution in [-0.2, 0) is 5.92 Å². The quantitative estimate of drug-likeness (QED) is 0.885. The van der Waals surface area contributed by atoms with E-state index in [0.29, 0.717) is 18.4 Å². The summed E-state index contributed by atoms with van der Waals surface area (Å²) in [7, 11) is 0. The van der Waals surface area contributed by atoms with Crippen LogP contribution in [0.4, 0.5) is 8.78 Å². The normalized spacial score (nSPS) is 16.0. The number of hydrogen-bond donors (Lipinski definition) is 1. The SMILES string of the molecule is Cc1cc(C(F)(F)C2CC2)nc(C)c1C(=O)O. The van der Waals surface area contributed by atoms with E-state index in [4.69, 9.17) is 5.11 Å². The Bertz CT molecular complexity index is 458. The van der Waals surface area contributed by atoms with Gasteiger partial charge in [-0.05, 0) is 38.3 Å². The molecular weight excluding hydrogens is 228 g/mol. The van der Waals surface area contributed by atoms with Crippen molar-refractivity contribution in [2.45, 2.75) is 32.6 Å². The molecule has 1 fully saturated rings. The average molecular weight is 241 g/mol. The van der Waals surface area contributed by atoms with Gasteiger partial charge in [0.25, 0.3) is 5.92 Å². The molecule has 0 aliphatic heterocycles. The first-order valence-electron chi connectivity index (χ1n) is 5.44. The number of aryl methyl sites for hydroxylation is 2. The summed E-state index contributed by atoms with van der Waals surface area (Å²) in [6.07, 6.45) is 1.01. The first-order chi connectivity index (χ1) is 7.84. The molecule has 0 aromatic carbocycles. The maximum Gasteiger partial charge on any atom is 0.337 e. The van der Waals surface area contributed by atoms with E-state index in [0.717, 1.165) is 0 Å². The monoisotopic (exact) mass is 241 g/mol. The number of carbonyl (C=O) groups is 1. The van der Waals surface area contributed by atoms with Crippen molar-refractivity contribution in [2.24, 2.45) is 5.92 Å². The highest BCUT2D eigenvalue weighted by Crippen LogP contribution is 2.49. The van der Waals surface area contributed by atoms with Crippen molar-refractivity contribution in [3.05, 3.63) is 28.6 Å². The highest BCUT2D eigenvalue weighted by Gasteiger charge is 2.49. The largest absolute Gasteiger partial charge is 0.478 e. The van der Waals surface area contributed by atoms with E-state index in [1.807, 2.05) is 0 Å². The van der Waals surface area contributed by atoms with Crippen LogP contribution in [0, 0.1) is 19.8 Å². The molecule has 3 nitrogen and oxygen atoms in total. The van der Waals surface area contributed by atoms with Gasteiger partial charge in [-0.15, -0.1) is 0 Å². The van der Waals surface area contributed by atoms with Gasteiger partial charge in [-0.25, -0.2) is 4.79 Å².